The molecular weight excluding hydrogens is 252 g/mol. The second-order valence-electron chi connectivity index (χ2n) is 5.49. The quantitative estimate of drug-likeness (QED) is 0.321. The Kier molecular flexibility index (Phi) is 12.0. The van der Waals surface area contributed by atoms with E-state index >= 15 is 0 Å². The van der Waals surface area contributed by atoms with Crippen LogP contribution in [0.3, 0.4) is 0 Å². The molecule has 0 atom stereocenters. The van der Waals surface area contributed by atoms with Crippen LogP contribution in [0.5, 0.6) is 0 Å². The maximum atomic E-state index is 6.51. The highest BCUT2D eigenvalue weighted by atomic mass is 28.4. The van der Waals surface area contributed by atoms with Crippen molar-refractivity contribution in [3.8, 4) is 0 Å². The standard InChI is InChI=1S/C16H36O2Si/c1-6-11-12-15-17-19(9-4,10-5)18-16(13-7-2)14-8-3/h16H,6-15H2,1-5H3. The van der Waals surface area contributed by atoms with Crippen molar-refractivity contribution in [3.05, 3.63) is 0 Å². The topological polar surface area (TPSA) is 18.5 Å². The Hall–Kier alpha value is 0.137. The highest BCUT2D eigenvalue weighted by Crippen LogP contribution is 2.24. The summed E-state index contributed by atoms with van der Waals surface area (Å²) in [6.07, 6.45) is 8.91. The molecule has 0 unspecified atom stereocenters. The van der Waals surface area contributed by atoms with E-state index in [1.54, 1.807) is 0 Å². The number of hydrogen-bond donors (Lipinski definition) is 0. The fourth-order valence-corrected chi connectivity index (χ4v) is 5.14. The Morgan fingerprint density at radius 3 is 1.79 bits per heavy atom. The molecule has 0 saturated heterocycles. The molecule has 0 aliphatic heterocycles. The Labute approximate surface area is 122 Å². The summed E-state index contributed by atoms with van der Waals surface area (Å²) in [6, 6.07) is 2.17. The maximum Gasteiger partial charge on any atom is 0.337 e. The molecule has 0 heterocycles. The Morgan fingerprint density at radius 2 is 1.37 bits per heavy atom. The minimum absolute atomic E-state index is 0.424. The van der Waals surface area contributed by atoms with E-state index < -0.39 is 8.56 Å². The zero-order valence-corrected chi connectivity index (χ0v) is 15.0. The van der Waals surface area contributed by atoms with Crippen LogP contribution in [0.25, 0.3) is 0 Å². The van der Waals surface area contributed by atoms with Gasteiger partial charge in [0.25, 0.3) is 0 Å². The monoisotopic (exact) mass is 288 g/mol. The van der Waals surface area contributed by atoms with Crippen molar-refractivity contribution in [2.75, 3.05) is 6.61 Å². The lowest BCUT2D eigenvalue weighted by Crippen LogP contribution is -2.44. The molecule has 0 saturated carbocycles. The normalized spacial score (nSPS) is 12.3. The second-order valence-corrected chi connectivity index (χ2v) is 9.25. The van der Waals surface area contributed by atoms with Crippen molar-refractivity contribution in [1.82, 2.24) is 0 Å². The summed E-state index contributed by atoms with van der Waals surface area (Å²) in [6.45, 7) is 12.1. The molecule has 19 heavy (non-hydrogen) atoms. The zero-order chi connectivity index (χ0) is 14.6. The van der Waals surface area contributed by atoms with E-state index in [1.807, 2.05) is 0 Å². The van der Waals surface area contributed by atoms with Crippen LogP contribution in [-0.2, 0) is 8.85 Å². The average molecular weight is 289 g/mol. The van der Waals surface area contributed by atoms with Gasteiger partial charge in [-0.05, 0) is 31.4 Å². The summed E-state index contributed by atoms with van der Waals surface area (Å²) < 4.78 is 12.8. The lowest BCUT2D eigenvalue weighted by molar-refractivity contribution is 0.0983. The third-order valence-corrected chi connectivity index (χ3v) is 7.44. The molecule has 2 nitrogen and oxygen atoms in total. The third-order valence-electron chi connectivity index (χ3n) is 3.79. The molecule has 0 radical (unpaired) electrons. The Balaban J connectivity index is 4.38. The van der Waals surface area contributed by atoms with Crippen molar-refractivity contribution >= 4 is 8.56 Å². The third kappa shape index (κ3) is 8.11. The number of unbranched alkanes of at least 4 members (excludes halogenated alkanes) is 2. The molecule has 0 aromatic carbocycles. The number of hydrogen-bond acceptors (Lipinski definition) is 2. The van der Waals surface area contributed by atoms with Crippen LogP contribution in [0.1, 0.15) is 79.6 Å². The lowest BCUT2D eigenvalue weighted by atomic mass is 10.1. The van der Waals surface area contributed by atoms with Gasteiger partial charge in [0.1, 0.15) is 0 Å². The van der Waals surface area contributed by atoms with Crippen molar-refractivity contribution in [2.24, 2.45) is 0 Å². The van der Waals surface area contributed by atoms with Gasteiger partial charge in [-0.15, -0.1) is 0 Å². The molecular formula is C16H36O2Si. The fraction of sp³-hybridized carbons (Fsp3) is 1.00. The van der Waals surface area contributed by atoms with Gasteiger partial charge in [0.05, 0.1) is 0 Å². The minimum Gasteiger partial charge on any atom is -0.394 e. The van der Waals surface area contributed by atoms with E-state index in [4.69, 9.17) is 8.85 Å². The van der Waals surface area contributed by atoms with Gasteiger partial charge in [0.2, 0.25) is 0 Å². The predicted molar refractivity (Wildman–Crippen MR) is 86.9 cm³/mol. The van der Waals surface area contributed by atoms with Crippen LogP contribution >= 0.6 is 0 Å². The van der Waals surface area contributed by atoms with Crippen LogP contribution in [0.2, 0.25) is 12.1 Å². The highest BCUT2D eigenvalue weighted by molar-refractivity contribution is 6.67. The van der Waals surface area contributed by atoms with Crippen LogP contribution in [0.4, 0.5) is 0 Å². The van der Waals surface area contributed by atoms with E-state index in [1.165, 1.54) is 44.9 Å². The first-order chi connectivity index (χ1) is 9.17. The smallest absolute Gasteiger partial charge is 0.337 e. The van der Waals surface area contributed by atoms with Gasteiger partial charge >= 0.3 is 8.56 Å². The first kappa shape index (κ1) is 19.1. The molecule has 0 bridgehead atoms. The average Bonchev–Trinajstić information content (AvgIpc) is 2.43. The molecule has 0 aliphatic rings. The van der Waals surface area contributed by atoms with Gasteiger partial charge in [-0.3, -0.25) is 0 Å². The van der Waals surface area contributed by atoms with Crippen LogP contribution in [0.15, 0.2) is 0 Å². The molecule has 0 aromatic rings. The van der Waals surface area contributed by atoms with Gasteiger partial charge in [-0.2, -0.15) is 0 Å². The van der Waals surface area contributed by atoms with Crippen molar-refractivity contribution in [2.45, 2.75) is 97.8 Å². The van der Waals surface area contributed by atoms with E-state index in [2.05, 4.69) is 34.6 Å². The molecule has 116 valence electrons. The molecule has 3 heteroatoms. The largest absolute Gasteiger partial charge is 0.394 e. The molecule has 0 aromatic heterocycles. The van der Waals surface area contributed by atoms with Crippen LogP contribution in [0, 0.1) is 0 Å². The minimum atomic E-state index is -1.93. The molecule has 0 rings (SSSR count). The highest BCUT2D eigenvalue weighted by Gasteiger charge is 2.35. The summed E-state index contributed by atoms with van der Waals surface area (Å²) in [5, 5.41) is 0. The second kappa shape index (κ2) is 11.9. The summed E-state index contributed by atoms with van der Waals surface area (Å²) in [5.74, 6) is 0. The molecule has 0 N–H and O–H groups in total. The first-order valence-corrected chi connectivity index (χ1v) is 10.7. The van der Waals surface area contributed by atoms with Gasteiger partial charge < -0.3 is 8.85 Å². The van der Waals surface area contributed by atoms with E-state index in [9.17, 15) is 0 Å². The molecule has 0 aliphatic carbocycles. The molecule has 0 amide bonds. The van der Waals surface area contributed by atoms with Crippen molar-refractivity contribution in [3.63, 3.8) is 0 Å². The van der Waals surface area contributed by atoms with E-state index in [0.717, 1.165) is 18.7 Å². The maximum absolute atomic E-state index is 6.51. The Bertz CT molecular complexity index is 187. The molecule has 0 fully saturated rings. The van der Waals surface area contributed by atoms with Crippen molar-refractivity contribution < 1.29 is 8.85 Å². The van der Waals surface area contributed by atoms with E-state index in [-0.39, 0.29) is 0 Å². The summed E-state index contributed by atoms with van der Waals surface area (Å²) in [4.78, 5) is 0. The van der Waals surface area contributed by atoms with Crippen LogP contribution < -0.4 is 0 Å². The summed E-state index contributed by atoms with van der Waals surface area (Å²) in [7, 11) is -1.93. The van der Waals surface area contributed by atoms with Gasteiger partial charge in [0, 0.05) is 12.7 Å². The summed E-state index contributed by atoms with van der Waals surface area (Å²) in [5.41, 5.74) is 0. The molecule has 0 spiro atoms. The lowest BCUT2D eigenvalue weighted by Gasteiger charge is -2.33. The van der Waals surface area contributed by atoms with Crippen molar-refractivity contribution in [1.29, 1.82) is 0 Å². The predicted octanol–water partition coefficient (Wildman–Crippen LogP) is 5.66. The van der Waals surface area contributed by atoms with E-state index in [0.29, 0.717) is 6.10 Å². The Morgan fingerprint density at radius 1 is 0.789 bits per heavy atom. The number of rotatable bonds is 13. The van der Waals surface area contributed by atoms with Gasteiger partial charge in [-0.25, -0.2) is 0 Å². The SMILES string of the molecule is CCCCCO[Si](CC)(CC)OC(CCC)CCC. The van der Waals surface area contributed by atoms with Gasteiger partial charge in [-0.1, -0.05) is 60.3 Å². The fourth-order valence-electron chi connectivity index (χ4n) is 2.47. The van der Waals surface area contributed by atoms with Gasteiger partial charge in [0.15, 0.2) is 0 Å². The first-order valence-electron chi connectivity index (χ1n) is 8.49. The summed E-state index contributed by atoms with van der Waals surface area (Å²) >= 11 is 0. The zero-order valence-electron chi connectivity index (χ0n) is 14.0. The van der Waals surface area contributed by atoms with Crippen LogP contribution in [-0.4, -0.2) is 21.3 Å².